The van der Waals surface area contributed by atoms with Gasteiger partial charge in [-0.2, -0.15) is 4.37 Å². The second kappa shape index (κ2) is 9.38. The molecule has 0 spiro atoms. The van der Waals surface area contributed by atoms with Crippen LogP contribution in [0.25, 0.3) is 0 Å². The number of aromatic nitrogens is 2. The number of anilines is 2. The molecular formula is C17H24ClFN6S2. The summed E-state index contributed by atoms with van der Waals surface area (Å²) in [5.74, 6) is -0.310. The molecule has 0 aliphatic carbocycles. The predicted octanol–water partition coefficient (Wildman–Crippen LogP) is 3.62. The molecule has 2 aromatic rings. The number of rotatable bonds is 4. The number of hydrogen-bond acceptors (Lipinski definition) is 8. The van der Waals surface area contributed by atoms with E-state index in [1.165, 1.54) is 23.9 Å². The van der Waals surface area contributed by atoms with E-state index in [2.05, 4.69) is 43.5 Å². The van der Waals surface area contributed by atoms with Gasteiger partial charge < -0.3 is 20.3 Å². The summed E-state index contributed by atoms with van der Waals surface area (Å²) in [5.41, 5.74) is 0.536. The van der Waals surface area contributed by atoms with Gasteiger partial charge in [0.2, 0.25) is 5.13 Å². The first kappa shape index (κ1) is 20.6. The Morgan fingerprint density at radius 2 is 2.11 bits per heavy atom. The highest BCUT2D eigenvalue weighted by molar-refractivity contribution is 8.00. The van der Waals surface area contributed by atoms with Gasteiger partial charge in [-0.25, -0.2) is 9.37 Å². The minimum Gasteiger partial charge on any atom is -0.364 e. The number of halogens is 2. The van der Waals surface area contributed by atoms with Gasteiger partial charge in [0.1, 0.15) is 12.1 Å². The molecule has 1 saturated heterocycles. The Balaban J connectivity index is 1.81. The Kier molecular flexibility index (Phi) is 7.16. The molecule has 6 nitrogen and oxygen atoms in total. The van der Waals surface area contributed by atoms with Crippen LogP contribution in [0.1, 0.15) is 20.3 Å². The lowest BCUT2D eigenvalue weighted by atomic mass is 10.0. The van der Waals surface area contributed by atoms with Crippen LogP contribution in [0.2, 0.25) is 5.02 Å². The van der Waals surface area contributed by atoms with Crippen molar-refractivity contribution in [1.29, 1.82) is 0 Å². The lowest BCUT2D eigenvalue weighted by Crippen LogP contribution is -2.53. The molecule has 1 aromatic heterocycles. The highest BCUT2D eigenvalue weighted by atomic mass is 35.5. The van der Waals surface area contributed by atoms with E-state index < -0.39 is 0 Å². The molecular weight excluding hydrogens is 407 g/mol. The van der Waals surface area contributed by atoms with Crippen LogP contribution in [-0.4, -0.2) is 47.6 Å². The number of hydrogen-bond donors (Lipinski definition) is 3. The van der Waals surface area contributed by atoms with Crippen LogP contribution in [0, 0.1) is 5.82 Å². The maximum absolute atomic E-state index is 14.8. The van der Waals surface area contributed by atoms with Crippen molar-refractivity contribution in [1.82, 2.24) is 20.0 Å². The second-order valence-electron chi connectivity index (χ2n) is 6.93. The van der Waals surface area contributed by atoms with E-state index in [1.54, 1.807) is 6.07 Å². The van der Waals surface area contributed by atoms with Gasteiger partial charge in [0, 0.05) is 43.3 Å². The van der Waals surface area contributed by atoms with Crippen molar-refractivity contribution in [2.45, 2.75) is 30.7 Å². The standard InChI is InChI=1S/C17H24ClFN6S2/c1-17(2)10-21-6-5-20-4-3-7-25(17)14-9-13(19)15(8-12(14)18)26-24-16-22-11-23-27-16/h8-9,11,20-21H,3-7,10H2,1-2H3,(H,22,23,24). The highest BCUT2D eigenvalue weighted by Crippen LogP contribution is 2.36. The molecule has 1 fully saturated rings. The smallest absolute Gasteiger partial charge is 0.212 e. The first-order chi connectivity index (χ1) is 13.0. The number of benzene rings is 1. The van der Waals surface area contributed by atoms with Crippen molar-refractivity contribution in [3.8, 4) is 0 Å². The van der Waals surface area contributed by atoms with E-state index in [-0.39, 0.29) is 11.4 Å². The van der Waals surface area contributed by atoms with Gasteiger partial charge in [-0.05, 0) is 50.9 Å². The SMILES string of the molecule is CC1(C)CNCCNCCCN1c1cc(F)c(SNc2ncns2)cc1Cl. The zero-order valence-electron chi connectivity index (χ0n) is 15.4. The fourth-order valence-corrected chi connectivity index (χ4v) is 4.50. The quantitative estimate of drug-likeness (QED) is 0.640. The largest absolute Gasteiger partial charge is 0.364 e. The third kappa shape index (κ3) is 5.45. The van der Waals surface area contributed by atoms with Gasteiger partial charge >= 0.3 is 0 Å². The van der Waals surface area contributed by atoms with E-state index in [9.17, 15) is 4.39 Å². The molecule has 1 aliphatic heterocycles. The normalized spacial score (nSPS) is 18.3. The lowest BCUT2D eigenvalue weighted by molar-refractivity contribution is 0.405. The van der Waals surface area contributed by atoms with Crippen molar-refractivity contribution in [3.05, 3.63) is 29.3 Å². The Labute approximate surface area is 172 Å². The van der Waals surface area contributed by atoms with Gasteiger partial charge in [-0.1, -0.05) is 11.6 Å². The van der Waals surface area contributed by atoms with Crippen LogP contribution in [0.15, 0.2) is 23.4 Å². The first-order valence-electron chi connectivity index (χ1n) is 8.85. The Bertz CT molecular complexity index is 743. The van der Waals surface area contributed by atoms with Crippen molar-refractivity contribution in [2.75, 3.05) is 42.3 Å². The summed E-state index contributed by atoms with van der Waals surface area (Å²) >= 11 is 8.94. The summed E-state index contributed by atoms with van der Waals surface area (Å²) in [6.07, 6.45) is 2.42. The fraction of sp³-hybridized carbons (Fsp3) is 0.529. The molecule has 1 aromatic carbocycles. The zero-order valence-corrected chi connectivity index (χ0v) is 17.8. The molecule has 0 unspecified atom stereocenters. The minimum absolute atomic E-state index is 0.188. The lowest BCUT2D eigenvalue weighted by Gasteiger charge is -2.42. The van der Waals surface area contributed by atoms with Crippen LogP contribution in [0.3, 0.4) is 0 Å². The molecule has 10 heteroatoms. The van der Waals surface area contributed by atoms with Crippen molar-refractivity contribution >= 4 is 45.9 Å². The molecule has 1 aliphatic rings. The molecule has 3 N–H and O–H groups in total. The Morgan fingerprint density at radius 3 is 2.89 bits per heavy atom. The molecule has 148 valence electrons. The van der Waals surface area contributed by atoms with Crippen molar-refractivity contribution < 1.29 is 4.39 Å². The fourth-order valence-electron chi connectivity index (χ4n) is 3.02. The molecule has 3 rings (SSSR count). The maximum atomic E-state index is 14.8. The average Bonchev–Trinajstić information content (AvgIpc) is 3.14. The Hall–Kier alpha value is -1.13. The third-order valence-corrected chi connectivity index (χ3v) is 6.24. The molecule has 2 heterocycles. The molecule has 0 radical (unpaired) electrons. The van der Waals surface area contributed by atoms with Crippen LogP contribution >= 0.6 is 35.1 Å². The summed E-state index contributed by atoms with van der Waals surface area (Å²) in [6, 6.07) is 3.21. The van der Waals surface area contributed by atoms with Crippen LogP contribution in [0.5, 0.6) is 0 Å². The second-order valence-corrected chi connectivity index (χ2v) is 8.96. The van der Waals surface area contributed by atoms with E-state index in [4.69, 9.17) is 11.6 Å². The summed E-state index contributed by atoms with van der Waals surface area (Å²) in [4.78, 5) is 6.66. The molecule has 0 bridgehead atoms. The third-order valence-electron chi connectivity index (χ3n) is 4.40. The summed E-state index contributed by atoms with van der Waals surface area (Å²) in [5, 5.41) is 8.02. The molecule has 0 atom stereocenters. The summed E-state index contributed by atoms with van der Waals surface area (Å²) in [7, 11) is 0. The number of nitrogens with one attached hydrogen (secondary N) is 3. The van der Waals surface area contributed by atoms with Crippen molar-refractivity contribution in [2.24, 2.45) is 0 Å². The van der Waals surface area contributed by atoms with E-state index in [0.29, 0.717) is 15.0 Å². The maximum Gasteiger partial charge on any atom is 0.212 e. The van der Waals surface area contributed by atoms with Gasteiger partial charge in [0.15, 0.2) is 0 Å². The van der Waals surface area contributed by atoms with Crippen molar-refractivity contribution in [3.63, 3.8) is 0 Å². The van der Waals surface area contributed by atoms with Gasteiger partial charge in [0.05, 0.1) is 15.6 Å². The summed E-state index contributed by atoms with van der Waals surface area (Å²) in [6.45, 7) is 8.70. The van der Waals surface area contributed by atoms with E-state index in [1.807, 2.05) is 0 Å². The average molecular weight is 431 g/mol. The van der Waals surface area contributed by atoms with Crippen LogP contribution in [0.4, 0.5) is 15.2 Å². The Morgan fingerprint density at radius 1 is 1.30 bits per heavy atom. The molecule has 27 heavy (non-hydrogen) atoms. The zero-order chi connectivity index (χ0) is 19.3. The molecule has 0 saturated carbocycles. The van der Waals surface area contributed by atoms with Gasteiger partial charge in [0.25, 0.3) is 0 Å². The van der Waals surface area contributed by atoms with Gasteiger partial charge in [-0.15, -0.1) is 0 Å². The minimum atomic E-state index is -0.310. The van der Waals surface area contributed by atoms with Crippen LogP contribution in [-0.2, 0) is 0 Å². The van der Waals surface area contributed by atoms with E-state index in [0.717, 1.165) is 56.8 Å². The summed E-state index contributed by atoms with van der Waals surface area (Å²) < 4.78 is 21.7. The van der Waals surface area contributed by atoms with Crippen LogP contribution < -0.4 is 20.3 Å². The predicted molar refractivity (Wildman–Crippen MR) is 113 cm³/mol. The first-order valence-corrected chi connectivity index (χ1v) is 10.8. The highest BCUT2D eigenvalue weighted by Gasteiger charge is 2.29. The topological polar surface area (TPSA) is 65.1 Å². The van der Waals surface area contributed by atoms with E-state index >= 15 is 0 Å². The monoisotopic (exact) mass is 430 g/mol. The molecule has 0 amide bonds. The van der Waals surface area contributed by atoms with Gasteiger partial charge in [-0.3, -0.25) is 0 Å². The number of nitrogens with zero attached hydrogens (tertiary/aromatic N) is 3.